The van der Waals surface area contributed by atoms with Crippen molar-refractivity contribution in [3.05, 3.63) is 0 Å². The van der Waals surface area contributed by atoms with Crippen LogP contribution in [0.5, 0.6) is 0 Å². The van der Waals surface area contributed by atoms with Gasteiger partial charge in [-0.25, -0.2) is 0 Å². The molecule has 0 saturated heterocycles. The predicted molar refractivity (Wildman–Crippen MR) is 67.1 cm³/mol. The first kappa shape index (κ1) is 13.5. The summed E-state index contributed by atoms with van der Waals surface area (Å²) in [4.78, 5) is 11.6. The molecule has 3 N–H and O–H groups in total. The van der Waals surface area contributed by atoms with E-state index in [1.54, 1.807) is 0 Å². The highest BCUT2D eigenvalue weighted by Crippen LogP contribution is 2.27. The summed E-state index contributed by atoms with van der Waals surface area (Å²) in [5.74, 6) is 0.996. The number of rotatable bonds is 6. The quantitative estimate of drug-likeness (QED) is 0.729. The van der Waals surface area contributed by atoms with Gasteiger partial charge in [0.15, 0.2) is 0 Å². The minimum absolute atomic E-state index is 0.200. The molecule has 1 unspecified atom stereocenters. The van der Waals surface area contributed by atoms with Gasteiger partial charge < -0.3 is 11.1 Å². The lowest BCUT2D eigenvalue weighted by molar-refractivity contribution is -0.122. The molecule has 0 bridgehead atoms. The molecule has 94 valence electrons. The number of carbonyl (C=O) groups excluding carboxylic acids is 1. The summed E-state index contributed by atoms with van der Waals surface area (Å²) < 4.78 is 0. The topological polar surface area (TPSA) is 55.1 Å². The fraction of sp³-hybridized carbons (Fsp3) is 0.923. The Morgan fingerprint density at radius 2 is 2.06 bits per heavy atom. The molecule has 0 heterocycles. The Hall–Kier alpha value is -0.570. The van der Waals surface area contributed by atoms with Crippen molar-refractivity contribution in [1.82, 2.24) is 5.32 Å². The van der Waals surface area contributed by atoms with Gasteiger partial charge in [-0.15, -0.1) is 0 Å². The average molecular weight is 226 g/mol. The van der Waals surface area contributed by atoms with Crippen LogP contribution in [0.1, 0.15) is 58.3 Å². The van der Waals surface area contributed by atoms with Gasteiger partial charge in [-0.3, -0.25) is 4.79 Å². The number of hydrogen-bond donors (Lipinski definition) is 2. The third-order valence-corrected chi connectivity index (χ3v) is 3.51. The molecule has 0 spiro atoms. The van der Waals surface area contributed by atoms with Crippen molar-refractivity contribution in [2.24, 2.45) is 11.7 Å². The fourth-order valence-corrected chi connectivity index (χ4v) is 2.48. The Morgan fingerprint density at radius 3 is 2.69 bits per heavy atom. The smallest absolute Gasteiger partial charge is 0.220 e. The summed E-state index contributed by atoms with van der Waals surface area (Å²) in [6, 6.07) is 0.226. The largest absolute Gasteiger partial charge is 0.354 e. The minimum Gasteiger partial charge on any atom is -0.354 e. The normalized spacial score (nSPS) is 19.4. The third-order valence-electron chi connectivity index (χ3n) is 3.51. The first-order valence-corrected chi connectivity index (χ1v) is 6.71. The van der Waals surface area contributed by atoms with Crippen LogP contribution in [0.3, 0.4) is 0 Å². The second-order valence-corrected chi connectivity index (χ2v) is 5.09. The van der Waals surface area contributed by atoms with Crippen molar-refractivity contribution in [2.75, 3.05) is 6.54 Å². The maximum Gasteiger partial charge on any atom is 0.220 e. The molecule has 1 atom stereocenters. The summed E-state index contributed by atoms with van der Waals surface area (Å²) >= 11 is 0. The second kappa shape index (κ2) is 7.66. The van der Waals surface area contributed by atoms with Gasteiger partial charge >= 0.3 is 0 Å². The molecule has 0 aromatic carbocycles. The van der Waals surface area contributed by atoms with Crippen LogP contribution in [0, 0.1) is 5.92 Å². The lowest BCUT2D eigenvalue weighted by Crippen LogP contribution is -2.34. The molecular formula is C13H26N2O. The zero-order chi connectivity index (χ0) is 11.8. The molecule has 1 rings (SSSR count). The minimum atomic E-state index is 0.200. The Balaban J connectivity index is 2.09. The molecule has 1 saturated carbocycles. The van der Waals surface area contributed by atoms with Crippen LogP contribution in [0.25, 0.3) is 0 Å². The zero-order valence-electron chi connectivity index (χ0n) is 10.5. The summed E-state index contributed by atoms with van der Waals surface area (Å²) in [6.45, 7) is 2.66. The van der Waals surface area contributed by atoms with Gasteiger partial charge in [0.25, 0.3) is 0 Å². The van der Waals surface area contributed by atoms with E-state index in [1.165, 1.54) is 32.1 Å². The van der Waals surface area contributed by atoms with E-state index in [-0.39, 0.29) is 11.9 Å². The van der Waals surface area contributed by atoms with Gasteiger partial charge in [0.1, 0.15) is 0 Å². The molecular weight excluding hydrogens is 200 g/mol. The Morgan fingerprint density at radius 1 is 1.38 bits per heavy atom. The van der Waals surface area contributed by atoms with Crippen LogP contribution in [0.4, 0.5) is 0 Å². The second-order valence-electron chi connectivity index (χ2n) is 5.09. The molecule has 1 aliphatic carbocycles. The van der Waals surface area contributed by atoms with Crippen molar-refractivity contribution < 1.29 is 4.79 Å². The maximum atomic E-state index is 11.6. The summed E-state index contributed by atoms with van der Waals surface area (Å²) in [7, 11) is 0. The molecule has 1 amide bonds. The van der Waals surface area contributed by atoms with E-state index in [0.717, 1.165) is 18.8 Å². The van der Waals surface area contributed by atoms with E-state index in [9.17, 15) is 4.79 Å². The van der Waals surface area contributed by atoms with Gasteiger partial charge in [0.2, 0.25) is 5.91 Å². The number of nitrogens with one attached hydrogen (secondary N) is 1. The Kier molecular flexibility index (Phi) is 6.46. The first-order chi connectivity index (χ1) is 7.72. The molecule has 16 heavy (non-hydrogen) atoms. The number of nitrogens with two attached hydrogens (primary N) is 1. The van der Waals surface area contributed by atoms with Crippen LogP contribution >= 0.6 is 0 Å². The lowest BCUT2D eigenvalue weighted by atomic mass is 9.86. The van der Waals surface area contributed by atoms with E-state index in [0.29, 0.717) is 13.0 Å². The van der Waals surface area contributed by atoms with Crippen molar-refractivity contribution >= 4 is 5.91 Å². The molecule has 0 aromatic rings. The van der Waals surface area contributed by atoms with Crippen molar-refractivity contribution in [2.45, 2.75) is 64.3 Å². The number of carbonyl (C=O) groups is 1. The standard InChI is InChI=1S/C13H26N2O/c1-11(9-10-14)15-13(16)8-7-12-5-3-2-4-6-12/h11-12H,2-10,14H2,1H3,(H,15,16). The van der Waals surface area contributed by atoms with E-state index >= 15 is 0 Å². The number of amides is 1. The van der Waals surface area contributed by atoms with Gasteiger partial charge in [-0.1, -0.05) is 32.1 Å². The van der Waals surface area contributed by atoms with Gasteiger partial charge in [0.05, 0.1) is 0 Å². The lowest BCUT2D eigenvalue weighted by Gasteiger charge is -2.21. The molecule has 3 nitrogen and oxygen atoms in total. The Bertz CT molecular complexity index is 200. The van der Waals surface area contributed by atoms with Crippen LogP contribution in [0.15, 0.2) is 0 Å². The van der Waals surface area contributed by atoms with Gasteiger partial charge in [0, 0.05) is 12.5 Å². The van der Waals surface area contributed by atoms with Crippen molar-refractivity contribution in [1.29, 1.82) is 0 Å². The fourth-order valence-electron chi connectivity index (χ4n) is 2.48. The van der Waals surface area contributed by atoms with Crippen LogP contribution in [-0.4, -0.2) is 18.5 Å². The first-order valence-electron chi connectivity index (χ1n) is 6.71. The summed E-state index contributed by atoms with van der Waals surface area (Å²) in [5.41, 5.74) is 5.44. The van der Waals surface area contributed by atoms with E-state index in [2.05, 4.69) is 5.32 Å². The van der Waals surface area contributed by atoms with Crippen LogP contribution in [0.2, 0.25) is 0 Å². The van der Waals surface area contributed by atoms with E-state index in [1.807, 2.05) is 6.92 Å². The van der Waals surface area contributed by atoms with Crippen molar-refractivity contribution in [3.8, 4) is 0 Å². The third kappa shape index (κ3) is 5.50. The van der Waals surface area contributed by atoms with Crippen LogP contribution in [-0.2, 0) is 4.79 Å². The molecule has 1 fully saturated rings. The average Bonchev–Trinajstić information content (AvgIpc) is 2.28. The zero-order valence-corrected chi connectivity index (χ0v) is 10.5. The maximum absolute atomic E-state index is 11.6. The molecule has 0 aromatic heterocycles. The number of hydrogen-bond acceptors (Lipinski definition) is 2. The SMILES string of the molecule is CC(CCN)NC(=O)CCC1CCCCC1. The van der Waals surface area contributed by atoms with Crippen molar-refractivity contribution in [3.63, 3.8) is 0 Å². The highest BCUT2D eigenvalue weighted by atomic mass is 16.1. The monoisotopic (exact) mass is 226 g/mol. The molecule has 0 aliphatic heterocycles. The van der Waals surface area contributed by atoms with E-state index < -0.39 is 0 Å². The molecule has 1 aliphatic rings. The summed E-state index contributed by atoms with van der Waals surface area (Å²) in [6.07, 6.45) is 9.38. The summed E-state index contributed by atoms with van der Waals surface area (Å²) in [5, 5.41) is 3.00. The highest BCUT2D eigenvalue weighted by Gasteiger charge is 2.15. The van der Waals surface area contributed by atoms with Gasteiger partial charge in [-0.05, 0) is 32.2 Å². The molecule has 0 radical (unpaired) electrons. The van der Waals surface area contributed by atoms with Gasteiger partial charge in [-0.2, -0.15) is 0 Å². The Labute approximate surface area is 99.2 Å². The highest BCUT2D eigenvalue weighted by molar-refractivity contribution is 5.76. The molecule has 3 heteroatoms. The van der Waals surface area contributed by atoms with E-state index in [4.69, 9.17) is 5.73 Å². The predicted octanol–water partition coefficient (Wildman–Crippen LogP) is 2.20. The van der Waals surface area contributed by atoms with Crippen LogP contribution < -0.4 is 11.1 Å².